The van der Waals surface area contributed by atoms with Gasteiger partial charge in [0.25, 0.3) is 5.91 Å². The minimum absolute atomic E-state index is 0.0953. The van der Waals surface area contributed by atoms with Crippen molar-refractivity contribution in [3.8, 4) is 10.7 Å². The zero-order chi connectivity index (χ0) is 14.7. The van der Waals surface area contributed by atoms with Crippen LogP contribution in [0.25, 0.3) is 21.6 Å². The van der Waals surface area contributed by atoms with E-state index in [4.69, 9.17) is 0 Å². The Kier molecular flexibility index (Phi) is 4.01. The molecule has 108 valence electrons. The maximum absolute atomic E-state index is 12.0. The molecule has 0 unspecified atom stereocenters. The van der Waals surface area contributed by atoms with Gasteiger partial charge >= 0.3 is 0 Å². The van der Waals surface area contributed by atoms with Gasteiger partial charge in [-0.1, -0.05) is 31.5 Å². The van der Waals surface area contributed by atoms with E-state index in [2.05, 4.69) is 34.3 Å². The second kappa shape index (κ2) is 6.10. The van der Waals surface area contributed by atoms with Crippen LogP contribution >= 0.6 is 11.3 Å². The Morgan fingerprint density at radius 3 is 3.05 bits per heavy atom. The lowest BCUT2D eigenvalue weighted by atomic mass is 10.2. The summed E-state index contributed by atoms with van der Waals surface area (Å²) in [6, 6.07) is 10.2. The quantitative estimate of drug-likeness (QED) is 0.704. The standard InChI is InChI=1S/C16H17N3OS/c1-2-3-8-17-15(20)14-10-21-16(19-14)13-9-11-6-4-5-7-12(11)18-13/h4-7,9-10,18H,2-3,8H2,1H3,(H,17,20). The van der Waals surface area contributed by atoms with Gasteiger partial charge in [-0.2, -0.15) is 0 Å². The van der Waals surface area contributed by atoms with E-state index in [9.17, 15) is 4.79 Å². The zero-order valence-electron chi connectivity index (χ0n) is 11.8. The number of nitrogens with zero attached hydrogens (tertiary/aromatic N) is 1. The molecule has 0 spiro atoms. The van der Waals surface area contributed by atoms with Gasteiger partial charge < -0.3 is 10.3 Å². The van der Waals surface area contributed by atoms with Crippen molar-refractivity contribution in [3.05, 3.63) is 41.4 Å². The molecule has 0 fully saturated rings. The highest BCUT2D eigenvalue weighted by Crippen LogP contribution is 2.26. The van der Waals surface area contributed by atoms with Crippen molar-refractivity contribution < 1.29 is 4.79 Å². The van der Waals surface area contributed by atoms with Crippen LogP contribution in [0.3, 0.4) is 0 Å². The number of aromatic nitrogens is 2. The number of fused-ring (bicyclic) bond motifs is 1. The van der Waals surface area contributed by atoms with E-state index in [1.54, 1.807) is 0 Å². The second-order valence-electron chi connectivity index (χ2n) is 4.92. The first-order valence-corrected chi connectivity index (χ1v) is 7.97. The topological polar surface area (TPSA) is 57.8 Å². The summed E-state index contributed by atoms with van der Waals surface area (Å²) in [4.78, 5) is 19.7. The van der Waals surface area contributed by atoms with Crippen LogP contribution in [0.4, 0.5) is 0 Å². The molecule has 4 nitrogen and oxygen atoms in total. The highest BCUT2D eigenvalue weighted by Gasteiger charge is 2.12. The molecule has 0 saturated heterocycles. The molecule has 1 amide bonds. The van der Waals surface area contributed by atoms with Gasteiger partial charge in [-0.05, 0) is 18.6 Å². The Morgan fingerprint density at radius 2 is 2.24 bits per heavy atom. The summed E-state index contributed by atoms with van der Waals surface area (Å²) < 4.78 is 0. The van der Waals surface area contributed by atoms with Crippen LogP contribution in [0.5, 0.6) is 0 Å². The summed E-state index contributed by atoms with van der Waals surface area (Å²) in [6.07, 6.45) is 2.06. The molecule has 2 heterocycles. The molecule has 0 aliphatic rings. The molecule has 2 N–H and O–H groups in total. The molecular weight excluding hydrogens is 282 g/mol. The van der Waals surface area contributed by atoms with Gasteiger partial charge in [-0.25, -0.2) is 4.98 Å². The van der Waals surface area contributed by atoms with E-state index >= 15 is 0 Å². The van der Waals surface area contributed by atoms with Crippen molar-refractivity contribution in [2.24, 2.45) is 0 Å². The zero-order valence-corrected chi connectivity index (χ0v) is 12.7. The van der Waals surface area contributed by atoms with Crippen molar-refractivity contribution in [2.45, 2.75) is 19.8 Å². The number of carbonyl (C=O) groups excluding carboxylic acids is 1. The van der Waals surface area contributed by atoms with Gasteiger partial charge in [0.1, 0.15) is 10.7 Å². The normalized spacial score (nSPS) is 10.9. The lowest BCUT2D eigenvalue weighted by molar-refractivity contribution is 0.0949. The average molecular weight is 299 g/mol. The van der Waals surface area contributed by atoms with E-state index in [1.807, 2.05) is 23.6 Å². The number of rotatable bonds is 5. The Bertz CT molecular complexity index is 727. The maximum Gasteiger partial charge on any atom is 0.270 e. The molecule has 3 rings (SSSR count). The first-order chi connectivity index (χ1) is 10.3. The molecule has 0 radical (unpaired) electrons. The monoisotopic (exact) mass is 299 g/mol. The van der Waals surface area contributed by atoms with Crippen molar-refractivity contribution in [2.75, 3.05) is 6.54 Å². The molecule has 0 aliphatic carbocycles. The number of thiazole rings is 1. The van der Waals surface area contributed by atoms with Crippen molar-refractivity contribution >= 4 is 28.1 Å². The van der Waals surface area contributed by atoms with Crippen LogP contribution in [-0.4, -0.2) is 22.4 Å². The highest BCUT2D eigenvalue weighted by molar-refractivity contribution is 7.13. The molecule has 1 aromatic carbocycles. The van der Waals surface area contributed by atoms with Gasteiger partial charge in [0.15, 0.2) is 0 Å². The molecule has 5 heteroatoms. The third-order valence-electron chi connectivity index (χ3n) is 3.31. The minimum Gasteiger partial charge on any atom is -0.353 e. The molecule has 2 aromatic heterocycles. The number of hydrogen-bond donors (Lipinski definition) is 2. The number of hydrogen-bond acceptors (Lipinski definition) is 3. The van der Waals surface area contributed by atoms with Crippen molar-refractivity contribution in [3.63, 3.8) is 0 Å². The number of amides is 1. The summed E-state index contributed by atoms with van der Waals surface area (Å²) in [5.41, 5.74) is 2.52. The molecule has 0 atom stereocenters. The SMILES string of the molecule is CCCCNC(=O)c1csc(-c2cc3ccccc3[nH]2)n1. The fourth-order valence-electron chi connectivity index (χ4n) is 2.16. The van der Waals surface area contributed by atoms with Gasteiger partial charge in [-0.15, -0.1) is 11.3 Å². The van der Waals surface area contributed by atoms with Gasteiger partial charge in [0.2, 0.25) is 0 Å². The first kappa shape index (κ1) is 13.8. The van der Waals surface area contributed by atoms with Crippen LogP contribution < -0.4 is 5.32 Å². The molecule has 0 saturated carbocycles. The number of benzene rings is 1. The summed E-state index contributed by atoms with van der Waals surface area (Å²) in [5, 5.41) is 6.68. The lowest BCUT2D eigenvalue weighted by Crippen LogP contribution is -2.24. The average Bonchev–Trinajstić information content (AvgIpc) is 3.13. The molecule has 0 bridgehead atoms. The van der Waals surface area contributed by atoms with Crippen molar-refractivity contribution in [1.29, 1.82) is 0 Å². The molecule has 21 heavy (non-hydrogen) atoms. The first-order valence-electron chi connectivity index (χ1n) is 7.10. The number of H-pyrrole nitrogens is 1. The number of carbonyl (C=O) groups is 1. The second-order valence-corrected chi connectivity index (χ2v) is 5.78. The van der Waals surface area contributed by atoms with E-state index in [1.165, 1.54) is 11.3 Å². The van der Waals surface area contributed by atoms with E-state index in [0.717, 1.165) is 34.4 Å². The summed E-state index contributed by atoms with van der Waals surface area (Å²) >= 11 is 1.48. The van der Waals surface area contributed by atoms with Gasteiger partial charge in [0.05, 0.1) is 5.69 Å². The fraction of sp³-hybridized carbons (Fsp3) is 0.250. The predicted octanol–water partition coefficient (Wildman–Crippen LogP) is 3.82. The van der Waals surface area contributed by atoms with Crippen LogP contribution in [0.1, 0.15) is 30.3 Å². The third kappa shape index (κ3) is 2.97. The maximum atomic E-state index is 12.0. The minimum atomic E-state index is -0.0953. The van der Waals surface area contributed by atoms with Gasteiger partial charge in [0, 0.05) is 22.8 Å². The Morgan fingerprint density at radius 1 is 1.38 bits per heavy atom. The molecule has 3 aromatic rings. The van der Waals surface area contributed by atoms with E-state index in [-0.39, 0.29) is 5.91 Å². The smallest absolute Gasteiger partial charge is 0.270 e. The fourth-order valence-corrected chi connectivity index (χ4v) is 2.93. The lowest BCUT2D eigenvalue weighted by Gasteiger charge is -2.00. The molecule has 0 aliphatic heterocycles. The largest absolute Gasteiger partial charge is 0.353 e. The Hall–Kier alpha value is -2.14. The summed E-state index contributed by atoms with van der Waals surface area (Å²) in [5.74, 6) is -0.0953. The third-order valence-corrected chi connectivity index (χ3v) is 4.19. The van der Waals surface area contributed by atoms with Crippen LogP contribution in [0.15, 0.2) is 35.7 Å². The number of nitrogens with one attached hydrogen (secondary N) is 2. The van der Waals surface area contributed by atoms with Crippen LogP contribution in [0.2, 0.25) is 0 Å². The van der Waals surface area contributed by atoms with Crippen LogP contribution in [0, 0.1) is 0 Å². The number of para-hydroxylation sites is 1. The van der Waals surface area contributed by atoms with Crippen molar-refractivity contribution in [1.82, 2.24) is 15.3 Å². The summed E-state index contributed by atoms with van der Waals surface area (Å²) in [7, 11) is 0. The number of aromatic amines is 1. The highest BCUT2D eigenvalue weighted by atomic mass is 32.1. The van der Waals surface area contributed by atoms with E-state index < -0.39 is 0 Å². The Labute approximate surface area is 127 Å². The Balaban J connectivity index is 1.79. The van der Waals surface area contributed by atoms with Crippen LogP contribution in [-0.2, 0) is 0 Å². The summed E-state index contributed by atoms with van der Waals surface area (Å²) in [6.45, 7) is 2.80. The molecular formula is C16H17N3OS. The van der Waals surface area contributed by atoms with E-state index in [0.29, 0.717) is 12.2 Å². The number of unbranched alkanes of at least 4 members (excludes halogenated alkanes) is 1. The van der Waals surface area contributed by atoms with Gasteiger partial charge in [-0.3, -0.25) is 4.79 Å². The predicted molar refractivity (Wildman–Crippen MR) is 86.6 cm³/mol.